The number of carbonyl (C=O) groups is 2. The highest BCUT2D eigenvalue weighted by Crippen LogP contribution is 2.52. The first-order valence-electron chi connectivity index (χ1n) is 5.04. The molecular weight excluding hydrogens is 198 g/mol. The highest BCUT2D eigenvalue weighted by molar-refractivity contribution is 5.81. The number of nitrogens with zero attached hydrogens (tertiary/aromatic N) is 1. The van der Waals surface area contributed by atoms with Crippen LogP contribution in [0.5, 0.6) is 0 Å². The molecule has 2 rings (SSSR count). The van der Waals surface area contributed by atoms with Gasteiger partial charge in [0.25, 0.3) is 0 Å². The summed E-state index contributed by atoms with van der Waals surface area (Å²) in [4.78, 5) is 23.8. The van der Waals surface area contributed by atoms with Gasteiger partial charge in [-0.05, 0) is 20.8 Å². The van der Waals surface area contributed by atoms with Gasteiger partial charge in [0.15, 0.2) is 0 Å². The third-order valence-electron chi connectivity index (χ3n) is 2.81. The first-order valence-corrected chi connectivity index (χ1v) is 5.04. The van der Waals surface area contributed by atoms with Crippen LogP contribution in [0.3, 0.4) is 0 Å². The van der Waals surface area contributed by atoms with Crippen LogP contribution in [-0.4, -0.2) is 40.3 Å². The lowest BCUT2D eigenvalue weighted by Crippen LogP contribution is -2.46. The fourth-order valence-corrected chi connectivity index (χ4v) is 2.06. The van der Waals surface area contributed by atoms with Crippen LogP contribution in [0, 0.1) is 11.8 Å². The van der Waals surface area contributed by atoms with Gasteiger partial charge in [0.05, 0.1) is 12.0 Å². The molecule has 1 amide bonds. The molecule has 84 valence electrons. The topological polar surface area (TPSA) is 66.8 Å². The number of aliphatic carboxylic acids is 1. The number of hydrogen-bond donors (Lipinski definition) is 1. The molecule has 0 aromatic rings. The van der Waals surface area contributed by atoms with Gasteiger partial charge in [-0.3, -0.25) is 4.79 Å². The Hall–Kier alpha value is -1.26. The molecule has 0 aromatic heterocycles. The van der Waals surface area contributed by atoms with Crippen LogP contribution >= 0.6 is 0 Å². The Morgan fingerprint density at radius 1 is 1.40 bits per heavy atom. The monoisotopic (exact) mass is 213 g/mol. The molecule has 1 saturated carbocycles. The number of fused-ring (bicyclic) bond motifs is 1. The van der Waals surface area contributed by atoms with Gasteiger partial charge >= 0.3 is 12.1 Å². The van der Waals surface area contributed by atoms with E-state index in [2.05, 4.69) is 0 Å². The van der Waals surface area contributed by atoms with Crippen molar-refractivity contribution >= 4 is 12.1 Å². The molecule has 2 fully saturated rings. The van der Waals surface area contributed by atoms with Gasteiger partial charge in [-0.15, -0.1) is 0 Å². The minimum absolute atomic E-state index is 0.114. The number of hydrogen-bond acceptors (Lipinski definition) is 3. The molecule has 0 bridgehead atoms. The first kappa shape index (κ1) is 10.3. The van der Waals surface area contributed by atoms with Gasteiger partial charge in [0, 0.05) is 12.5 Å². The summed E-state index contributed by atoms with van der Waals surface area (Å²) in [5, 5.41) is 8.79. The maximum absolute atomic E-state index is 11.6. The van der Waals surface area contributed by atoms with Crippen molar-refractivity contribution in [2.24, 2.45) is 11.8 Å². The van der Waals surface area contributed by atoms with Gasteiger partial charge < -0.3 is 14.7 Å². The Bertz CT molecular complexity index is 320. The molecular formula is C10H15NO4. The van der Waals surface area contributed by atoms with Crippen molar-refractivity contribution in [2.75, 3.05) is 6.54 Å². The number of carboxylic acids is 1. The molecule has 0 radical (unpaired) electrons. The zero-order valence-corrected chi connectivity index (χ0v) is 9.06. The van der Waals surface area contributed by atoms with Crippen LogP contribution in [0.1, 0.15) is 20.8 Å². The quantitative estimate of drug-likeness (QED) is 0.703. The van der Waals surface area contributed by atoms with Crippen molar-refractivity contribution in [3.8, 4) is 0 Å². The lowest BCUT2D eigenvalue weighted by Gasteiger charge is -2.32. The summed E-state index contributed by atoms with van der Waals surface area (Å²) >= 11 is 0. The molecule has 15 heavy (non-hydrogen) atoms. The van der Waals surface area contributed by atoms with Crippen molar-refractivity contribution in [1.29, 1.82) is 0 Å². The third-order valence-corrected chi connectivity index (χ3v) is 2.81. The zero-order valence-electron chi connectivity index (χ0n) is 9.06. The number of ether oxygens (including phenoxy) is 1. The third kappa shape index (κ3) is 1.66. The van der Waals surface area contributed by atoms with Gasteiger partial charge in [-0.25, -0.2) is 4.79 Å². The summed E-state index contributed by atoms with van der Waals surface area (Å²) < 4.78 is 5.16. The molecule has 0 unspecified atom stereocenters. The smallest absolute Gasteiger partial charge is 0.410 e. The second kappa shape index (κ2) is 2.87. The lowest BCUT2D eigenvalue weighted by molar-refractivity contribution is -0.138. The van der Waals surface area contributed by atoms with Crippen LogP contribution in [-0.2, 0) is 9.53 Å². The standard InChI is InChI=1S/C10H15NO4/c1-10(2,3)15-9(14)11-4-5-6(7(5)11)8(12)13/h5-7H,4H2,1-3H3,(H,12,13)/t5-,6-,7-/m0/s1. The fraction of sp³-hybridized carbons (Fsp3) is 0.800. The highest BCUT2D eigenvalue weighted by Gasteiger charge is 2.68. The Kier molecular flexibility index (Phi) is 1.96. The average molecular weight is 213 g/mol. The Labute approximate surface area is 88.0 Å². The molecule has 1 heterocycles. The number of carbonyl (C=O) groups excluding carboxylic acids is 1. The van der Waals surface area contributed by atoms with E-state index in [-0.39, 0.29) is 17.9 Å². The van der Waals surface area contributed by atoms with E-state index in [0.29, 0.717) is 6.54 Å². The van der Waals surface area contributed by atoms with Gasteiger partial charge in [0.1, 0.15) is 5.60 Å². The molecule has 0 spiro atoms. The summed E-state index contributed by atoms with van der Waals surface area (Å²) in [6.07, 6.45) is -0.396. The second-order valence-corrected chi connectivity index (χ2v) is 5.15. The number of carboxylic acid groups (broad SMARTS) is 1. The van der Waals surface area contributed by atoms with E-state index in [1.165, 1.54) is 4.90 Å². The Morgan fingerprint density at radius 2 is 2.00 bits per heavy atom. The molecule has 5 nitrogen and oxygen atoms in total. The predicted molar refractivity (Wildman–Crippen MR) is 51.3 cm³/mol. The van der Waals surface area contributed by atoms with E-state index in [1.54, 1.807) is 20.8 Å². The highest BCUT2D eigenvalue weighted by atomic mass is 16.6. The van der Waals surface area contributed by atoms with Crippen LogP contribution in [0.25, 0.3) is 0 Å². The molecule has 0 aromatic carbocycles. The minimum atomic E-state index is -0.809. The molecule has 1 saturated heterocycles. The van der Waals surface area contributed by atoms with Gasteiger partial charge in [0.2, 0.25) is 0 Å². The number of likely N-dealkylation sites (tertiary alicyclic amines) is 1. The average Bonchev–Trinajstić information content (AvgIpc) is 2.50. The molecule has 1 aliphatic carbocycles. The number of amides is 1. The van der Waals surface area contributed by atoms with Crippen molar-refractivity contribution in [1.82, 2.24) is 4.90 Å². The van der Waals surface area contributed by atoms with Gasteiger partial charge in [-0.1, -0.05) is 0 Å². The minimum Gasteiger partial charge on any atom is -0.481 e. The van der Waals surface area contributed by atoms with E-state index in [1.807, 2.05) is 0 Å². The van der Waals surface area contributed by atoms with Crippen LogP contribution in [0.2, 0.25) is 0 Å². The molecule has 1 aliphatic heterocycles. The molecule has 2 aliphatic rings. The Morgan fingerprint density at radius 3 is 2.40 bits per heavy atom. The van der Waals surface area contributed by atoms with Gasteiger partial charge in [-0.2, -0.15) is 0 Å². The zero-order chi connectivity index (χ0) is 11.4. The number of rotatable bonds is 1. The van der Waals surface area contributed by atoms with E-state index in [0.717, 1.165) is 0 Å². The predicted octanol–water partition coefficient (Wildman–Crippen LogP) is 0.936. The van der Waals surface area contributed by atoms with Crippen LogP contribution in [0.4, 0.5) is 4.79 Å². The van der Waals surface area contributed by atoms with Crippen molar-refractivity contribution in [3.63, 3.8) is 0 Å². The summed E-state index contributed by atoms with van der Waals surface area (Å²) in [5.74, 6) is -1.01. The first-order chi connectivity index (χ1) is 6.81. The summed E-state index contributed by atoms with van der Waals surface area (Å²) in [5.41, 5.74) is -0.518. The van der Waals surface area contributed by atoms with E-state index >= 15 is 0 Å². The van der Waals surface area contributed by atoms with Crippen molar-refractivity contribution in [3.05, 3.63) is 0 Å². The van der Waals surface area contributed by atoms with E-state index < -0.39 is 17.7 Å². The molecule has 1 N–H and O–H groups in total. The Balaban J connectivity index is 1.89. The summed E-state index contributed by atoms with van der Waals surface area (Å²) in [6, 6.07) is -0.114. The van der Waals surface area contributed by atoms with Crippen LogP contribution in [0.15, 0.2) is 0 Å². The largest absolute Gasteiger partial charge is 0.481 e. The van der Waals surface area contributed by atoms with E-state index in [4.69, 9.17) is 9.84 Å². The van der Waals surface area contributed by atoms with E-state index in [9.17, 15) is 9.59 Å². The lowest BCUT2D eigenvalue weighted by atomic mass is 10.2. The molecule has 5 heteroatoms. The SMILES string of the molecule is CC(C)(C)OC(=O)N1C[C@H]2[C@H](C(=O)O)[C@H]21. The second-order valence-electron chi connectivity index (χ2n) is 5.15. The maximum Gasteiger partial charge on any atom is 0.410 e. The summed E-state index contributed by atoms with van der Waals surface area (Å²) in [6.45, 7) is 5.91. The normalized spacial score (nSPS) is 32.7. The van der Waals surface area contributed by atoms with Crippen molar-refractivity contribution < 1.29 is 19.4 Å². The van der Waals surface area contributed by atoms with Crippen LogP contribution < -0.4 is 0 Å². The molecule has 3 atom stereocenters. The van der Waals surface area contributed by atoms with Crippen molar-refractivity contribution in [2.45, 2.75) is 32.4 Å². The fourth-order valence-electron chi connectivity index (χ4n) is 2.06. The summed E-state index contributed by atoms with van der Waals surface area (Å²) in [7, 11) is 0. The maximum atomic E-state index is 11.6.